The zero-order chi connectivity index (χ0) is 25.0. The minimum Gasteiger partial charge on any atom is -0.315 e. The standard InChI is InChI=1S/C24H26ClF2N5O2/c1-5-31(23(34)28-15-10-11-17(26)18(27)12-15)14-22(33)29-21-13-20(24(2,3)4)30-32(21)19-9-7-6-8-16(19)25/h6-13H,5,14H2,1-4H3,(H,28,34)(H,29,33). The summed E-state index contributed by atoms with van der Waals surface area (Å²) in [7, 11) is 0. The number of aromatic nitrogens is 2. The molecule has 0 spiro atoms. The van der Waals surface area contributed by atoms with Crippen LogP contribution < -0.4 is 10.6 Å². The molecule has 1 aromatic heterocycles. The fraction of sp³-hybridized carbons (Fsp3) is 0.292. The van der Waals surface area contributed by atoms with Crippen LogP contribution in [0.5, 0.6) is 0 Å². The Hall–Kier alpha value is -3.46. The first-order chi connectivity index (χ1) is 16.0. The Balaban J connectivity index is 1.78. The molecule has 3 rings (SSSR count). The van der Waals surface area contributed by atoms with Crippen LogP contribution in [-0.2, 0) is 10.2 Å². The van der Waals surface area contributed by atoms with Crippen molar-refractivity contribution in [3.05, 3.63) is 70.9 Å². The molecule has 2 aromatic carbocycles. The maximum atomic E-state index is 13.4. The SMILES string of the molecule is CCN(CC(=O)Nc1cc(C(C)(C)C)nn1-c1ccccc1Cl)C(=O)Nc1ccc(F)c(F)c1. The summed E-state index contributed by atoms with van der Waals surface area (Å²) in [5, 5.41) is 10.4. The van der Waals surface area contributed by atoms with Crippen molar-refractivity contribution in [3.63, 3.8) is 0 Å². The lowest BCUT2D eigenvalue weighted by molar-refractivity contribution is -0.116. The number of halogens is 3. The highest BCUT2D eigenvalue weighted by molar-refractivity contribution is 6.32. The summed E-state index contributed by atoms with van der Waals surface area (Å²) < 4.78 is 28.1. The van der Waals surface area contributed by atoms with Crippen LogP contribution in [0.15, 0.2) is 48.5 Å². The molecule has 34 heavy (non-hydrogen) atoms. The molecule has 0 aliphatic heterocycles. The Morgan fingerprint density at radius 3 is 2.38 bits per heavy atom. The third-order valence-corrected chi connectivity index (χ3v) is 5.32. The molecule has 0 fully saturated rings. The van der Waals surface area contributed by atoms with Gasteiger partial charge in [0.05, 0.1) is 16.4 Å². The topological polar surface area (TPSA) is 79.3 Å². The number of rotatable bonds is 6. The number of carbonyl (C=O) groups excluding carboxylic acids is 2. The third-order valence-electron chi connectivity index (χ3n) is 5.00. The quantitative estimate of drug-likeness (QED) is 0.473. The maximum absolute atomic E-state index is 13.4. The summed E-state index contributed by atoms with van der Waals surface area (Å²) in [6, 6.07) is 11.3. The number of benzene rings is 2. The van der Waals surface area contributed by atoms with Crippen molar-refractivity contribution >= 4 is 35.0 Å². The first-order valence-corrected chi connectivity index (χ1v) is 11.0. The van der Waals surface area contributed by atoms with Gasteiger partial charge in [0.1, 0.15) is 12.4 Å². The van der Waals surface area contributed by atoms with Gasteiger partial charge in [-0.1, -0.05) is 44.5 Å². The van der Waals surface area contributed by atoms with Crippen molar-refractivity contribution in [2.45, 2.75) is 33.1 Å². The Labute approximate surface area is 201 Å². The summed E-state index contributed by atoms with van der Waals surface area (Å²) in [4.78, 5) is 26.7. The summed E-state index contributed by atoms with van der Waals surface area (Å²) >= 11 is 6.35. The molecule has 10 heteroatoms. The fourth-order valence-electron chi connectivity index (χ4n) is 3.10. The largest absolute Gasteiger partial charge is 0.322 e. The van der Waals surface area contributed by atoms with E-state index in [9.17, 15) is 18.4 Å². The first kappa shape index (κ1) is 25.2. The van der Waals surface area contributed by atoms with Crippen LogP contribution in [0, 0.1) is 11.6 Å². The lowest BCUT2D eigenvalue weighted by Gasteiger charge is -2.21. The summed E-state index contributed by atoms with van der Waals surface area (Å²) in [5.74, 6) is -2.16. The van der Waals surface area contributed by atoms with Crippen molar-refractivity contribution in [1.82, 2.24) is 14.7 Å². The van der Waals surface area contributed by atoms with Crippen LogP contribution >= 0.6 is 11.6 Å². The van der Waals surface area contributed by atoms with E-state index in [1.165, 1.54) is 11.0 Å². The minimum atomic E-state index is -1.08. The Bertz CT molecular complexity index is 1210. The summed E-state index contributed by atoms with van der Waals surface area (Å²) in [6.45, 7) is 7.63. The van der Waals surface area contributed by atoms with Gasteiger partial charge in [-0.2, -0.15) is 5.10 Å². The zero-order valence-corrected chi connectivity index (χ0v) is 20.1. The Morgan fingerprint density at radius 2 is 1.76 bits per heavy atom. The van der Waals surface area contributed by atoms with Gasteiger partial charge in [0.15, 0.2) is 11.6 Å². The molecule has 0 aliphatic carbocycles. The summed E-state index contributed by atoms with van der Waals surface area (Å²) in [5.41, 5.74) is 1.13. The van der Waals surface area contributed by atoms with Crippen LogP contribution in [0.4, 0.5) is 25.1 Å². The van der Waals surface area contributed by atoms with E-state index >= 15 is 0 Å². The molecule has 0 saturated carbocycles. The van der Waals surface area contributed by atoms with Gasteiger partial charge < -0.3 is 15.5 Å². The van der Waals surface area contributed by atoms with E-state index in [4.69, 9.17) is 11.6 Å². The highest BCUT2D eigenvalue weighted by Gasteiger charge is 2.23. The Morgan fingerprint density at radius 1 is 1.06 bits per heavy atom. The van der Waals surface area contributed by atoms with Crippen LogP contribution in [0.25, 0.3) is 5.69 Å². The molecule has 0 saturated heterocycles. The smallest absolute Gasteiger partial charge is 0.315 e. The van der Waals surface area contributed by atoms with Crippen molar-refractivity contribution in [3.8, 4) is 5.69 Å². The average Bonchev–Trinajstić information content (AvgIpc) is 3.18. The number of nitrogens with zero attached hydrogens (tertiary/aromatic N) is 3. The number of amides is 3. The van der Waals surface area contributed by atoms with E-state index in [2.05, 4.69) is 15.7 Å². The van der Waals surface area contributed by atoms with Gasteiger partial charge in [-0.05, 0) is 31.2 Å². The van der Waals surface area contributed by atoms with Crippen molar-refractivity contribution in [2.24, 2.45) is 0 Å². The number of hydrogen-bond acceptors (Lipinski definition) is 3. The minimum absolute atomic E-state index is 0.0781. The molecule has 1 heterocycles. The molecule has 0 atom stereocenters. The molecular weight excluding hydrogens is 464 g/mol. The van der Waals surface area contributed by atoms with Crippen LogP contribution in [0.3, 0.4) is 0 Å². The van der Waals surface area contributed by atoms with Crippen LogP contribution in [-0.4, -0.2) is 39.7 Å². The second-order valence-corrected chi connectivity index (χ2v) is 9.06. The van der Waals surface area contributed by atoms with E-state index in [1.54, 1.807) is 35.9 Å². The van der Waals surface area contributed by atoms with E-state index in [0.29, 0.717) is 16.5 Å². The second-order valence-electron chi connectivity index (χ2n) is 8.65. The van der Waals surface area contributed by atoms with E-state index in [0.717, 1.165) is 17.8 Å². The van der Waals surface area contributed by atoms with Gasteiger partial charge in [0.25, 0.3) is 0 Å². The fourth-order valence-corrected chi connectivity index (χ4v) is 3.32. The zero-order valence-electron chi connectivity index (χ0n) is 19.3. The van der Waals surface area contributed by atoms with Gasteiger partial charge in [-0.25, -0.2) is 18.3 Å². The second kappa shape index (κ2) is 10.2. The lowest BCUT2D eigenvalue weighted by Crippen LogP contribution is -2.40. The van der Waals surface area contributed by atoms with E-state index in [-0.39, 0.29) is 24.2 Å². The highest BCUT2D eigenvalue weighted by Crippen LogP contribution is 2.29. The van der Waals surface area contributed by atoms with Gasteiger partial charge >= 0.3 is 6.03 Å². The number of nitrogens with one attached hydrogen (secondary N) is 2. The molecular formula is C24H26ClF2N5O2. The summed E-state index contributed by atoms with van der Waals surface area (Å²) in [6.07, 6.45) is 0. The van der Waals surface area contributed by atoms with Gasteiger partial charge in [-0.3, -0.25) is 4.79 Å². The highest BCUT2D eigenvalue weighted by atomic mass is 35.5. The molecule has 7 nitrogen and oxygen atoms in total. The molecule has 0 aliphatic rings. The average molecular weight is 490 g/mol. The molecule has 3 aromatic rings. The van der Waals surface area contributed by atoms with E-state index < -0.39 is 23.6 Å². The maximum Gasteiger partial charge on any atom is 0.322 e. The molecule has 0 unspecified atom stereocenters. The van der Waals surface area contributed by atoms with Gasteiger partial charge in [0.2, 0.25) is 5.91 Å². The third kappa shape index (κ3) is 5.91. The first-order valence-electron chi connectivity index (χ1n) is 10.7. The van der Waals surface area contributed by atoms with Crippen LogP contribution in [0.1, 0.15) is 33.4 Å². The number of likely N-dealkylation sites (N-methyl/N-ethyl adjacent to an activating group) is 1. The van der Waals surface area contributed by atoms with Crippen molar-refractivity contribution in [1.29, 1.82) is 0 Å². The van der Waals surface area contributed by atoms with Crippen molar-refractivity contribution in [2.75, 3.05) is 23.7 Å². The van der Waals surface area contributed by atoms with E-state index in [1.807, 2.05) is 26.8 Å². The molecule has 3 amide bonds. The van der Waals surface area contributed by atoms with Gasteiger partial charge in [-0.15, -0.1) is 0 Å². The van der Waals surface area contributed by atoms with Crippen molar-refractivity contribution < 1.29 is 18.4 Å². The normalized spacial score (nSPS) is 11.3. The predicted octanol–water partition coefficient (Wildman–Crippen LogP) is 5.59. The number of hydrogen-bond donors (Lipinski definition) is 2. The molecule has 180 valence electrons. The molecule has 0 radical (unpaired) electrons. The monoisotopic (exact) mass is 489 g/mol. The predicted molar refractivity (Wildman–Crippen MR) is 129 cm³/mol. The Kier molecular flexibility index (Phi) is 7.56. The number of anilines is 2. The number of para-hydroxylation sites is 1. The molecule has 0 bridgehead atoms. The lowest BCUT2D eigenvalue weighted by atomic mass is 9.92. The van der Waals surface area contributed by atoms with Gasteiger partial charge in [0, 0.05) is 29.8 Å². The van der Waals surface area contributed by atoms with Crippen LogP contribution in [0.2, 0.25) is 5.02 Å². The number of carbonyl (C=O) groups is 2. The number of urea groups is 1. The molecule has 2 N–H and O–H groups in total.